The van der Waals surface area contributed by atoms with Gasteiger partial charge in [-0.05, 0) is 19.8 Å². The third kappa shape index (κ3) is 7.88. The van der Waals surface area contributed by atoms with Crippen LogP contribution < -0.4 is 5.32 Å². The molecule has 6 heteroatoms. The lowest BCUT2D eigenvalue weighted by Gasteiger charge is -2.29. The first-order valence-corrected chi connectivity index (χ1v) is 5.38. The van der Waals surface area contributed by atoms with Crippen molar-refractivity contribution in [2.45, 2.75) is 38.6 Å². The van der Waals surface area contributed by atoms with Crippen molar-refractivity contribution in [1.82, 2.24) is 5.32 Å². The van der Waals surface area contributed by atoms with Gasteiger partial charge in [0.25, 0.3) is 0 Å². The van der Waals surface area contributed by atoms with Gasteiger partial charge in [0.1, 0.15) is 0 Å². The van der Waals surface area contributed by atoms with E-state index in [1.807, 2.05) is 13.8 Å². The number of halogens is 4. The normalized spacial score (nSPS) is 16.4. The number of hydrogen-bond donors (Lipinski definition) is 1. The second kappa shape index (κ2) is 6.55. The minimum absolute atomic E-state index is 0.167. The van der Waals surface area contributed by atoms with Crippen molar-refractivity contribution >= 4 is 11.6 Å². The molecule has 0 aromatic rings. The standard InChI is InChI=1S/C9H17ClF3NO/c1-3-8(2,4-5-10)14-6-7-15-9(11,12)13/h14H,3-7H2,1-2H3. The first kappa shape index (κ1) is 15.0. The topological polar surface area (TPSA) is 21.3 Å². The van der Waals surface area contributed by atoms with Crippen LogP contribution in [0.3, 0.4) is 0 Å². The van der Waals surface area contributed by atoms with Crippen molar-refractivity contribution < 1.29 is 17.9 Å². The molecule has 0 aliphatic heterocycles. The minimum Gasteiger partial charge on any atom is -0.309 e. The summed E-state index contributed by atoms with van der Waals surface area (Å²) in [7, 11) is 0. The van der Waals surface area contributed by atoms with E-state index < -0.39 is 6.36 Å². The number of alkyl halides is 4. The van der Waals surface area contributed by atoms with E-state index >= 15 is 0 Å². The summed E-state index contributed by atoms with van der Waals surface area (Å²) >= 11 is 5.60. The highest BCUT2D eigenvalue weighted by Crippen LogP contribution is 2.17. The van der Waals surface area contributed by atoms with Crippen molar-refractivity contribution in [2.75, 3.05) is 19.0 Å². The molecule has 1 atom stereocenters. The van der Waals surface area contributed by atoms with Crippen LogP contribution in [-0.2, 0) is 4.74 Å². The summed E-state index contributed by atoms with van der Waals surface area (Å²) in [6.45, 7) is 3.69. The highest BCUT2D eigenvalue weighted by atomic mass is 35.5. The maximum absolute atomic E-state index is 11.6. The molecule has 2 nitrogen and oxygen atoms in total. The van der Waals surface area contributed by atoms with E-state index in [0.717, 1.165) is 12.8 Å². The quantitative estimate of drug-likeness (QED) is 0.552. The molecular weight excluding hydrogens is 231 g/mol. The van der Waals surface area contributed by atoms with Crippen LogP contribution in [0.4, 0.5) is 13.2 Å². The Balaban J connectivity index is 3.73. The summed E-state index contributed by atoms with van der Waals surface area (Å²) in [5.74, 6) is 0.484. The molecule has 0 amide bonds. The van der Waals surface area contributed by atoms with Gasteiger partial charge < -0.3 is 5.32 Å². The molecule has 0 aliphatic rings. The average Bonchev–Trinajstić information content (AvgIpc) is 2.12. The van der Waals surface area contributed by atoms with Gasteiger partial charge in [-0.15, -0.1) is 24.8 Å². The molecular formula is C9H17ClF3NO. The Hall–Kier alpha value is -0.0000000000000000555. The van der Waals surface area contributed by atoms with Crippen molar-refractivity contribution in [3.63, 3.8) is 0 Å². The molecule has 0 aromatic heterocycles. The Morgan fingerprint density at radius 3 is 2.33 bits per heavy atom. The Morgan fingerprint density at radius 1 is 1.33 bits per heavy atom. The molecule has 0 rings (SSSR count). The van der Waals surface area contributed by atoms with Crippen molar-refractivity contribution in [3.05, 3.63) is 0 Å². The lowest BCUT2D eigenvalue weighted by molar-refractivity contribution is -0.323. The van der Waals surface area contributed by atoms with E-state index in [1.165, 1.54) is 0 Å². The average molecular weight is 248 g/mol. The number of rotatable bonds is 7. The van der Waals surface area contributed by atoms with Gasteiger partial charge in [-0.25, -0.2) is 0 Å². The van der Waals surface area contributed by atoms with E-state index in [-0.39, 0.29) is 18.7 Å². The van der Waals surface area contributed by atoms with Crippen LogP contribution in [0, 0.1) is 0 Å². The predicted octanol–water partition coefficient (Wildman–Crippen LogP) is 2.91. The third-order valence-corrected chi connectivity index (χ3v) is 2.54. The summed E-state index contributed by atoms with van der Waals surface area (Å²) in [4.78, 5) is 0. The van der Waals surface area contributed by atoms with Gasteiger partial charge in [0.05, 0.1) is 6.61 Å². The second-order valence-corrected chi connectivity index (χ2v) is 3.95. The molecule has 0 bridgehead atoms. The minimum atomic E-state index is -4.54. The van der Waals surface area contributed by atoms with Gasteiger partial charge in [-0.2, -0.15) is 0 Å². The molecule has 1 N–H and O–H groups in total. The zero-order chi connectivity index (χ0) is 11.9. The molecule has 0 aromatic carbocycles. The van der Waals surface area contributed by atoms with Gasteiger partial charge in [-0.1, -0.05) is 6.92 Å². The van der Waals surface area contributed by atoms with Crippen LogP contribution in [0.1, 0.15) is 26.7 Å². The zero-order valence-electron chi connectivity index (χ0n) is 8.96. The fourth-order valence-electron chi connectivity index (χ4n) is 1.12. The fraction of sp³-hybridized carbons (Fsp3) is 1.00. The molecule has 0 spiro atoms. The molecule has 0 radical (unpaired) electrons. The lowest BCUT2D eigenvalue weighted by Crippen LogP contribution is -2.44. The van der Waals surface area contributed by atoms with Crippen LogP contribution in [0.15, 0.2) is 0 Å². The Morgan fingerprint density at radius 2 is 1.93 bits per heavy atom. The number of nitrogens with one attached hydrogen (secondary N) is 1. The van der Waals surface area contributed by atoms with E-state index in [2.05, 4.69) is 10.1 Å². The van der Waals surface area contributed by atoms with Crippen molar-refractivity contribution in [1.29, 1.82) is 0 Å². The van der Waals surface area contributed by atoms with Crippen molar-refractivity contribution in [3.8, 4) is 0 Å². The van der Waals surface area contributed by atoms with Crippen LogP contribution in [-0.4, -0.2) is 30.9 Å². The third-order valence-electron chi connectivity index (χ3n) is 2.35. The van der Waals surface area contributed by atoms with Crippen LogP contribution >= 0.6 is 11.6 Å². The Bertz CT molecular complexity index is 177. The van der Waals surface area contributed by atoms with E-state index in [1.54, 1.807) is 0 Å². The van der Waals surface area contributed by atoms with E-state index in [9.17, 15) is 13.2 Å². The summed E-state index contributed by atoms with van der Waals surface area (Å²) < 4.78 is 38.6. The smallest absolute Gasteiger partial charge is 0.309 e. The summed E-state index contributed by atoms with van der Waals surface area (Å²) in [6, 6.07) is 0. The van der Waals surface area contributed by atoms with Gasteiger partial charge in [0.15, 0.2) is 0 Å². The highest BCUT2D eigenvalue weighted by molar-refractivity contribution is 6.17. The summed E-state index contributed by atoms with van der Waals surface area (Å²) in [6.07, 6.45) is -3.01. The maximum Gasteiger partial charge on any atom is 0.522 e. The summed E-state index contributed by atoms with van der Waals surface area (Å²) in [5.41, 5.74) is -0.212. The SMILES string of the molecule is CCC(C)(CCCl)NCCOC(F)(F)F. The molecule has 15 heavy (non-hydrogen) atoms. The molecule has 0 aliphatic carbocycles. The predicted molar refractivity (Wildman–Crippen MR) is 54.0 cm³/mol. The first-order valence-electron chi connectivity index (χ1n) is 4.84. The van der Waals surface area contributed by atoms with Gasteiger partial charge >= 0.3 is 6.36 Å². The van der Waals surface area contributed by atoms with Gasteiger partial charge in [0.2, 0.25) is 0 Å². The van der Waals surface area contributed by atoms with Crippen LogP contribution in [0.5, 0.6) is 0 Å². The van der Waals surface area contributed by atoms with Crippen molar-refractivity contribution in [2.24, 2.45) is 0 Å². The molecule has 1 unspecified atom stereocenters. The first-order chi connectivity index (χ1) is 6.83. The Kier molecular flexibility index (Phi) is 6.55. The molecule has 92 valence electrons. The van der Waals surface area contributed by atoms with Gasteiger partial charge in [-0.3, -0.25) is 4.74 Å². The molecule has 0 saturated heterocycles. The molecule has 0 saturated carbocycles. The Labute approximate surface area is 93.1 Å². The largest absolute Gasteiger partial charge is 0.522 e. The van der Waals surface area contributed by atoms with E-state index in [4.69, 9.17) is 11.6 Å². The lowest BCUT2D eigenvalue weighted by atomic mass is 9.95. The molecule has 0 fully saturated rings. The monoisotopic (exact) mass is 247 g/mol. The molecule has 0 heterocycles. The highest BCUT2D eigenvalue weighted by Gasteiger charge is 2.29. The van der Waals surface area contributed by atoms with Crippen LogP contribution in [0.25, 0.3) is 0 Å². The zero-order valence-corrected chi connectivity index (χ0v) is 9.71. The number of ether oxygens (including phenoxy) is 1. The van der Waals surface area contributed by atoms with Crippen LogP contribution in [0.2, 0.25) is 0 Å². The number of hydrogen-bond acceptors (Lipinski definition) is 2. The summed E-state index contributed by atoms with van der Waals surface area (Å²) in [5, 5.41) is 3.01. The maximum atomic E-state index is 11.6. The van der Waals surface area contributed by atoms with Gasteiger partial charge in [0, 0.05) is 18.0 Å². The van der Waals surface area contributed by atoms with E-state index in [0.29, 0.717) is 5.88 Å². The second-order valence-electron chi connectivity index (χ2n) is 3.57. The fourth-order valence-corrected chi connectivity index (χ4v) is 1.54.